The van der Waals surface area contributed by atoms with Crippen LogP contribution in [0, 0.1) is 0 Å². The van der Waals surface area contributed by atoms with Crippen LogP contribution < -0.4 is 15.4 Å². The van der Waals surface area contributed by atoms with E-state index in [0.717, 1.165) is 0 Å². The van der Waals surface area contributed by atoms with E-state index in [1.54, 1.807) is 48.5 Å². The van der Waals surface area contributed by atoms with Gasteiger partial charge in [0.1, 0.15) is 11.4 Å². The van der Waals surface area contributed by atoms with Crippen LogP contribution >= 0.6 is 0 Å². The number of benzene rings is 2. The van der Waals surface area contributed by atoms with Crippen LogP contribution in [0.5, 0.6) is 5.75 Å². The Labute approximate surface area is 167 Å². The number of hydrogen-bond donors (Lipinski definition) is 2. The first-order valence-electron chi connectivity index (χ1n) is 8.80. The SMILES string of the molecule is COc1ccccc1NC(=O)c1cc(C(=O)Nc2cccc(C(C)=O)c2)ccn1. The standard InChI is InChI=1S/C22H19N3O4/c1-14(26)15-6-5-7-17(12-15)24-21(27)16-10-11-23-19(13-16)22(28)25-18-8-3-4-9-20(18)29-2/h3-13H,1-2H3,(H,24,27)(H,25,28). The lowest BCUT2D eigenvalue weighted by Gasteiger charge is -2.10. The molecule has 0 aliphatic carbocycles. The highest BCUT2D eigenvalue weighted by Gasteiger charge is 2.14. The van der Waals surface area contributed by atoms with Gasteiger partial charge in [-0.2, -0.15) is 0 Å². The molecule has 2 N–H and O–H groups in total. The molecule has 1 aromatic heterocycles. The average Bonchev–Trinajstić information content (AvgIpc) is 2.74. The molecule has 7 nitrogen and oxygen atoms in total. The zero-order chi connectivity index (χ0) is 20.8. The van der Waals surface area contributed by atoms with Gasteiger partial charge < -0.3 is 15.4 Å². The molecule has 0 aliphatic rings. The molecule has 29 heavy (non-hydrogen) atoms. The second-order valence-corrected chi connectivity index (χ2v) is 6.18. The molecule has 0 fully saturated rings. The van der Waals surface area contributed by atoms with Gasteiger partial charge in [0, 0.05) is 23.0 Å². The Hall–Kier alpha value is -4.00. The summed E-state index contributed by atoms with van der Waals surface area (Å²) in [5.74, 6) is -0.470. The van der Waals surface area contributed by atoms with E-state index in [9.17, 15) is 14.4 Å². The number of Topliss-reactive ketones (excluding diaryl/α,β-unsaturated/α-hetero) is 1. The number of hydrogen-bond acceptors (Lipinski definition) is 5. The number of rotatable bonds is 6. The van der Waals surface area contributed by atoms with Crippen LogP contribution in [-0.4, -0.2) is 29.7 Å². The van der Waals surface area contributed by atoms with E-state index in [1.165, 1.54) is 32.4 Å². The molecule has 146 valence electrons. The van der Waals surface area contributed by atoms with Crippen LogP contribution in [0.2, 0.25) is 0 Å². The predicted octanol–water partition coefficient (Wildman–Crippen LogP) is 3.80. The Morgan fingerprint density at radius 1 is 0.862 bits per heavy atom. The highest BCUT2D eigenvalue weighted by molar-refractivity contribution is 6.08. The molecule has 3 rings (SSSR count). The van der Waals surface area contributed by atoms with Gasteiger partial charge in [-0.1, -0.05) is 24.3 Å². The van der Waals surface area contributed by atoms with Crippen molar-refractivity contribution >= 4 is 29.0 Å². The van der Waals surface area contributed by atoms with Gasteiger partial charge in [-0.05, 0) is 43.3 Å². The Balaban J connectivity index is 1.76. The molecule has 0 bridgehead atoms. The number of amides is 2. The van der Waals surface area contributed by atoms with E-state index in [-0.39, 0.29) is 17.0 Å². The van der Waals surface area contributed by atoms with Gasteiger partial charge in [0.05, 0.1) is 12.8 Å². The molecule has 0 aliphatic heterocycles. The molecule has 0 spiro atoms. The van der Waals surface area contributed by atoms with Gasteiger partial charge in [0.15, 0.2) is 5.78 Å². The van der Waals surface area contributed by atoms with E-state index in [2.05, 4.69) is 15.6 Å². The van der Waals surface area contributed by atoms with E-state index in [4.69, 9.17) is 4.74 Å². The molecule has 2 amide bonds. The number of nitrogens with zero attached hydrogens (tertiary/aromatic N) is 1. The van der Waals surface area contributed by atoms with Crippen molar-refractivity contribution in [2.75, 3.05) is 17.7 Å². The largest absolute Gasteiger partial charge is 0.495 e. The first kappa shape index (κ1) is 19.8. The molecule has 0 saturated carbocycles. The smallest absolute Gasteiger partial charge is 0.274 e. The van der Waals surface area contributed by atoms with Crippen LogP contribution in [0.4, 0.5) is 11.4 Å². The number of aromatic nitrogens is 1. The fraction of sp³-hybridized carbons (Fsp3) is 0.0909. The number of carbonyl (C=O) groups excluding carboxylic acids is 3. The van der Waals surface area contributed by atoms with Crippen molar-refractivity contribution in [2.45, 2.75) is 6.92 Å². The summed E-state index contributed by atoms with van der Waals surface area (Å²) in [6.07, 6.45) is 1.39. The predicted molar refractivity (Wildman–Crippen MR) is 110 cm³/mol. The first-order chi connectivity index (χ1) is 14.0. The maximum atomic E-state index is 12.6. The van der Waals surface area contributed by atoms with Gasteiger partial charge in [0.25, 0.3) is 11.8 Å². The fourth-order valence-corrected chi connectivity index (χ4v) is 2.65. The molecule has 0 atom stereocenters. The molecule has 7 heteroatoms. The van der Waals surface area contributed by atoms with Crippen LogP contribution in [0.15, 0.2) is 66.9 Å². The minimum atomic E-state index is -0.470. The number of anilines is 2. The van der Waals surface area contributed by atoms with Crippen molar-refractivity contribution < 1.29 is 19.1 Å². The first-order valence-corrected chi connectivity index (χ1v) is 8.80. The molecular weight excluding hydrogens is 370 g/mol. The number of pyridine rings is 1. The monoisotopic (exact) mass is 389 g/mol. The second-order valence-electron chi connectivity index (χ2n) is 6.18. The lowest BCUT2D eigenvalue weighted by Crippen LogP contribution is -2.17. The molecule has 1 heterocycles. The van der Waals surface area contributed by atoms with Crippen molar-refractivity contribution in [1.29, 1.82) is 0 Å². The van der Waals surface area contributed by atoms with Crippen molar-refractivity contribution in [2.24, 2.45) is 0 Å². The number of ether oxygens (including phenoxy) is 1. The quantitative estimate of drug-likeness (QED) is 0.625. The van der Waals surface area contributed by atoms with Crippen molar-refractivity contribution in [1.82, 2.24) is 4.98 Å². The maximum absolute atomic E-state index is 12.6. The van der Waals surface area contributed by atoms with Crippen LogP contribution in [0.1, 0.15) is 38.1 Å². The average molecular weight is 389 g/mol. The lowest BCUT2D eigenvalue weighted by molar-refractivity contribution is 0.100. The number of carbonyl (C=O) groups is 3. The third-order valence-electron chi connectivity index (χ3n) is 4.14. The van der Waals surface area contributed by atoms with Gasteiger partial charge in [0.2, 0.25) is 0 Å². The minimum Gasteiger partial charge on any atom is -0.495 e. The second kappa shape index (κ2) is 8.79. The van der Waals surface area contributed by atoms with Crippen molar-refractivity contribution in [3.63, 3.8) is 0 Å². The topological polar surface area (TPSA) is 97.4 Å². The van der Waals surface area contributed by atoms with Crippen LogP contribution in [0.25, 0.3) is 0 Å². The molecular formula is C22H19N3O4. The van der Waals surface area contributed by atoms with Crippen LogP contribution in [-0.2, 0) is 0 Å². The molecule has 0 unspecified atom stereocenters. The Morgan fingerprint density at radius 2 is 1.66 bits per heavy atom. The molecule has 2 aromatic carbocycles. The third-order valence-corrected chi connectivity index (χ3v) is 4.14. The zero-order valence-corrected chi connectivity index (χ0v) is 15.9. The highest BCUT2D eigenvalue weighted by atomic mass is 16.5. The number of nitrogens with one attached hydrogen (secondary N) is 2. The zero-order valence-electron chi connectivity index (χ0n) is 15.9. The molecule has 0 radical (unpaired) electrons. The molecule has 3 aromatic rings. The Morgan fingerprint density at radius 3 is 2.41 bits per heavy atom. The Bertz CT molecular complexity index is 1080. The highest BCUT2D eigenvalue weighted by Crippen LogP contribution is 2.23. The van der Waals surface area contributed by atoms with E-state index in [1.807, 2.05) is 0 Å². The maximum Gasteiger partial charge on any atom is 0.274 e. The summed E-state index contributed by atoms with van der Waals surface area (Å²) in [5.41, 5.74) is 1.83. The fourth-order valence-electron chi connectivity index (χ4n) is 2.65. The summed E-state index contributed by atoms with van der Waals surface area (Å²) in [4.78, 5) is 40.6. The normalized spacial score (nSPS) is 10.1. The third kappa shape index (κ3) is 4.84. The van der Waals surface area contributed by atoms with E-state index < -0.39 is 11.8 Å². The molecule has 0 saturated heterocycles. The van der Waals surface area contributed by atoms with Crippen LogP contribution in [0.3, 0.4) is 0 Å². The summed E-state index contributed by atoms with van der Waals surface area (Å²) in [5, 5.41) is 5.43. The van der Waals surface area contributed by atoms with Gasteiger partial charge in [-0.25, -0.2) is 0 Å². The van der Waals surface area contributed by atoms with Gasteiger partial charge in [-0.3, -0.25) is 19.4 Å². The Kier molecular flexibility index (Phi) is 5.99. The van der Waals surface area contributed by atoms with Gasteiger partial charge >= 0.3 is 0 Å². The van der Waals surface area contributed by atoms with Gasteiger partial charge in [-0.15, -0.1) is 0 Å². The minimum absolute atomic E-state index is 0.0843. The number of ketones is 1. The summed E-state index contributed by atoms with van der Waals surface area (Å²) in [6, 6.07) is 16.5. The van der Waals surface area contributed by atoms with Crippen molar-refractivity contribution in [3.05, 3.63) is 83.7 Å². The summed E-state index contributed by atoms with van der Waals surface area (Å²) < 4.78 is 5.21. The number of methoxy groups -OCH3 is 1. The van der Waals surface area contributed by atoms with E-state index >= 15 is 0 Å². The van der Waals surface area contributed by atoms with Crippen molar-refractivity contribution in [3.8, 4) is 5.75 Å². The van der Waals surface area contributed by atoms with E-state index in [0.29, 0.717) is 22.7 Å². The number of para-hydroxylation sites is 2. The summed E-state index contributed by atoms with van der Waals surface area (Å²) in [6.45, 7) is 1.45. The lowest BCUT2D eigenvalue weighted by atomic mass is 10.1. The summed E-state index contributed by atoms with van der Waals surface area (Å²) >= 11 is 0. The summed E-state index contributed by atoms with van der Waals surface area (Å²) in [7, 11) is 1.51.